The van der Waals surface area contributed by atoms with Gasteiger partial charge in [0.1, 0.15) is 12.7 Å². The second-order valence-corrected chi connectivity index (χ2v) is 9.62. The minimum atomic E-state index is 0.666. The van der Waals surface area contributed by atoms with Crippen LogP contribution in [0.5, 0.6) is 0 Å². The van der Waals surface area contributed by atoms with E-state index >= 15 is 0 Å². The summed E-state index contributed by atoms with van der Waals surface area (Å²) in [6, 6.07) is 16.3. The lowest BCUT2D eigenvalue weighted by atomic mass is 10.4. The topological polar surface area (TPSA) is 77.3 Å². The van der Waals surface area contributed by atoms with E-state index in [2.05, 4.69) is 42.0 Å². The largest absolute Gasteiger partial charge is 0.210 e. The zero-order valence-corrected chi connectivity index (χ0v) is 17.4. The highest BCUT2D eigenvalue weighted by Crippen LogP contribution is 2.35. The second kappa shape index (κ2) is 8.08. The van der Waals surface area contributed by atoms with Crippen molar-refractivity contribution in [1.29, 1.82) is 0 Å². The van der Waals surface area contributed by atoms with Crippen LogP contribution < -0.4 is 0 Å². The van der Waals surface area contributed by atoms with E-state index in [1.165, 1.54) is 47.0 Å². The van der Waals surface area contributed by atoms with Gasteiger partial charge in [0.2, 0.25) is 0 Å². The molecule has 1 aliphatic heterocycles. The molecule has 136 valence electrons. The standard InChI is InChI=1S/C18H10N6S4/c1-3-11-7-12(4-1)26-16-20-10-22-18(24-16)28-14-6-2-5-13(8-14)27-17-21-9-19-15(23-17)25-11/h1-10H. The summed E-state index contributed by atoms with van der Waals surface area (Å²) >= 11 is 6.02. The Labute approximate surface area is 177 Å². The van der Waals surface area contributed by atoms with E-state index in [1.807, 2.05) is 36.4 Å². The highest BCUT2D eigenvalue weighted by Gasteiger charge is 2.10. The van der Waals surface area contributed by atoms with E-state index in [0.717, 1.165) is 19.6 Å². The van der Waals surface area contributed by atoms with Crippen LogP contribution in [-0.2, 0) is 0 Å². The van der Waals surface area contributed by atoms with Crippen LogP contribution in [0, 0.1) is 0 Å². The summed E-state index contributed by atoms with van der Waals surface area (Å²) in [6.45, 7) is 0. The molecule has 6 nitrogen and oxygen atoms in total. The molecule has 0 amide bonds. The Morgan fingerprint density at radius 1 is 0.464 bits per heavy atom. The number of aromatic nitrogens is 6. The zero-order valence-electron chi connectivity index (χ0n) is 14.1. The third-order valence-electron chi connectivity index (χ3n) is 3.50. The van der Waals surface area contributed by atoms with Crippen LogP contribution >= 0.6 is 47.0 Å². The molecule has 2 aromatic heterocycles. The van der Waals surface area contributed by atoms with Gasteiger partial charge in [-0.05, 0) is 83.4 Å². The first kappa shape index (κ1) is 17.9. The van der Waals surface area contributed by atoms with E-state index in [0.29, 0.717) is 20.6 Å². The molecule has 0 saturated heterocycles. The van der Waals surface area contributed by atoms with Crippen molar-refractivity contribution in [2.24, 2.45) is 0 Å². The summed E-state index contributed by atoms with van der Waals surface area (Å²) in [7, 11) is 0. The lowest BCUT2D eigenvalue weighted by Crippen LogP contribution is -1.94. The molecular weight excluding hydrogens is 429 g/mol. The average Bonchev–Trinajstić information content (AvgIpc) is 2.69. The van der Waals surface area contributed by atoms with Crippen molar-refractivity contribution in [2.45, 2.75) is 40.2 Å². The number of fused-ring (bicyclic) bond motifs is 8. The number of hydrogen-bond donors (Lipinski definition) is 0. The molecular formula is C18H10N6S4. The minimum Gasteiger partial charge on any atom is -0.210 e. The van der Waals surface area contributed by atoms with Gasteiger partial charge in [-0.2, -0.15) is 9.97 Å². The van der Waals surface area contributed by atoms with Crippen molar-refractivity contribution >= 4 is 47.0 Å². The Bertz CT molecular complexity index is 905. The van der Waals surface area contributed by atoms with Gasteiger partial charge in [-0.3, -0.25) is 0 Å². The molecule has 0 spiro atoms. The summed E-state index contributed by atoms with van der Waals surface area (Å²) in [5.41, 5.74) is 0. The van der Waals surface area contributed by atoms with E-state index in [9.17, 15) is 0 Å². The zero-order chi connectivity index (χ0) is 18.8. The molecule has 0 unspecified atom stereocenters. The Morgan fingerprint density at radius 3 is 1.11 bits per heavy atom. The van der Waals surface area contributed by atoms with Crippen molar-refractivity contribution in [3.05, 3.63) is 61.2 Å². The highest BCUT2D eigenvalue weighted by molar-refractivity contribution is 8.00. The molecule has 0 saturated carbocycles. The molecule has 0 atom stereocenters. The Hall–Kier alpha value is -2.14. The molecule has 4 aromatic rings. The fourth-order valence-corrected chi connectivity index (χ4v) is 5.72. The Balaban J connectivity index is 1.60. The maximum absolute atomic E-state index is 4.58. The first-order valence-electron chi connectivity index (χ1n) is 8.10. The van der Waals surface area contributed by atoms with Crippen LogP contribution in [0.25, 0.3) is 0 Å². The number of nitrogens with zero attached hydrogens (tertiary/aromatic N) is 6. The lowest BCUT2D eigenvalue weighted by Gasteiger charge is -2.07. The van der Waals surface area contributed by atoms with E-state index < -0.39 is 0 Å². The van der Waals surface area contributed by atoms with Gasteiger partial charge in [0, 0.05) is 19.6 Å². The predicted octanol–water partition coefficient (Wildman–Crippen LogP) is 4.97. The monoisotopic (exact) mass is 438 g/mol. The van der Waals surface area contributed by atoms with Crippen LogP contribution in [0.15, 0.2) is 101 Å². The Morgan fingerprint density at radius 2 is 0.786 bits per heavy atom. The summed E-state index contributed by atoms with van der Waals surface area (Å²) in [6.07, 6.45) is 3.11. The summed E-state index contributed by atoms with van der Waals surface area (Å²) in [5.74, 6) is 0. The molecule has 0 fully saturated rings. The first-order chi connectivity index (χ1) is 13.8. The van der Waals surface area contributed by atoms with Gasteiger partial charge in [0.25, 0.3) is 0 Å². The van der Waals surface area contributed by atoms with Crippen LogP contribution in [-0.4, -0.2) is 29.9 Å². The van der Waals surface area contributed by atoms with Crippen LogP contribution in [0.4, 0.5) is 0 Å². The fraction of sp³-hybridized carbons (Fsp3) is 0. The average molecular weight is 439 g/mol. The molecule has 10 heteroatoms. The molecule has 2 aromatic carbocycles. The summed E-state index contributed by atoms with van der Waals surface area (Å²) < 4.78 is 0. The minimum absolute atomic E-state index is 0.666. The Kier molecular flexibility index (Phi) is 5.17. The maximum atomic E-state index is 4.58. The van der Waals surface area contributed by atoms with Gasteiger partial charge in [-0.15, -0.1) is 0 Å². The summed E-state index contributed by atoms with van der Waals surface area (Å²) in [5, 5.41) is 2.67. The molecule has 8 bridgehead atoms. The van der Waals surface area contributed by atoms with E-state index in [1.54, 1.807) is 12.7 Å². The van der Waals surface area contributed by atoms with Crippen molar-refractivity contribution in [3.8, 4) is 0 Å². The van der Waals surface area contributed by atoms with Gasteiger partial charge in [0.05, 0.1) is 0 Å². The van der Waals surface area contributed by atoms with Gasteiger partial charge < -0.3 is 0 Å². The van der Waals surface area contributed by atoms with E-state index in [4.69, 9.17) is 0 Å². The summed E-state index contributed by atoms with van der Waals surface area (Å²) in [4.78, 5) is 30.6. The maximum Gasteiger partial charge on any atom is 0.196 e. The smallest absolute Gasteiger partial charge is 0.196 e. The van der Waals surface area contributed by atoms with Gasteiger partial charge in [0.15, 0.2) is 20.6 Å². The van der Waals surface area contributed by atoms with Crippen molar-refractivity contribution in [3.63, 3.8) is 0 Å². The third kappa shape index (κ3) is 4.30. The van der Waals surface area contributed by atoms with Gasteiger partial charge >= 0.3 is 0 Å². The molecule has 0 aliphatic carbocycles. The van der Waals surface area contributed by atoms with Crippen molar-refractivity contribution < 1.29 is 0 Å². The van der Waals surface area contributed by atoms with Crippen molar-refractivity contribution in [2.75, 3.05) is 0 Å². The van der Waals surface area contributed by atoms with E-state index in [-0.39, 0.29) is 0 Å². The number of benzene rings is 2. The van der Waals surface area contributed by atoms with Crippen LogP contribution in [0.1, 0.15) is 0 Å². The molecule has 1 aliphatic rings. The van der Waals surface area contributed by atoms with Gasteiger partial charge in [-0.25, -0.2) is 19.9 Å². The number of hydrogen-bond acceptors (Lipinski definition) is 10. The number of rotatable bonds is 0. The van der Waals surface area contributed by atoms with Crippen LogP contribution in [0.2, 0.25) is 0 Å². The predicted molar refractivity (Wildman–Crippen MR) is 109 cm³/mol. The first-order valence-corrected chi connectivity index (χ1v) is 11.4. The molecule has 0 N–H and O–H groups in total. The molecule has 3 heterocycles. The fourth-order valence-electron chi connectivity index (χ4n) is 2.36. The normalized spacial score (nSPS) is 13.1. The highest BCUT2D eigenvalue weighted by atomic mass is 32.2. The lowest BCUT2D eigenvalue weighted by molar-refractivity contribution is 0.798. The second-order valence-electron chi connectivity index (χ2n) is 5.46. The molecule has 28 heavy (non-hydrogen) atoms. The quantitative estimate of drug-likeness (QED) is 0.330. The van der Waals surface area contributed by atoms with Crippen LogP contribution in [0.3, 0.4) is 0 Å². The van der Waals surface area contributed by atoms with Crippen molar-refractivity contribution in [1.82, 2.24) is 29.9 Å². The molecule has 0 radical (unpaired) electrons. The van der Waals surface area contributed by atoms with Gasteiger partial charge in [-0.1, -0.05) is 12.1 Å². The third-order valence-corrected chi connectivity index (χ3v) is 6.98. The SMILES string of the molecule is c1cc2cc(c1)Sc1ncnc(n1)Sc1cccc(c1)Sc1ncnc(n1)S2. The molecule has 5 rings (SSSR count).